The number of hydrogen-bond donors (Lipinski definition) is 2. The Kier molecular flexibility index (Phi) is 4.22. The summed E-state index contributed by atoms with van der Waals surface area (Å²) in [5.41, 5.74) is 0.461. The van der Waals surface area contributed by atoms with Gasteiger partial charge < -0.3 is 15.3 Å². The number of nitrogens with zero attached hydrogens (tertiary/aromatic N) is 2. The van der Waals surface area contributed by atoms with Gasteiger partial charge in [-0.2, -0.15) is 0 Å². The highest BCUT2D eigenvalue weighted by atomic mass is 16.4. The zero-order chi connectivity index (χ0) is 14.7. The monoisotopic (exact) mass is 277 g/mol. The highest BCUT2D eigenvalue weighted by Gasteiger charge is 2.28. The number of carbonyl (C=O) groups excluding carboxylic acids is 1. The Hall–Kier alpha value is -2.11. The Morgan fingerprint density at radius 2 is 1.95 bits per heavy atom. The predicted molar refractivity (Wildman–Crippen MR) is 74.8 cm³/mol. The first-order chi connectivity index (χ1) is 9.49. The lowest BCUT2D eigenvalue weighted by atomic mass is 9.98. The van der Waals surface area contributed by atoms with Gasteiger partial charge in [-0.3, -0.25) is 4.98 Å². The zero-order valence-corrected chi connectivity index (χ0v) is 11.7. The van der Waals surface area contributed by atoms with E-state index in [4.69, 9.17) is 5.11 Å². The van der Waals surface area contributed by atoms with Crippen LogP contribution in [0, 0.1) is 0 Å². The molecule has 1 aromatic rings. The number of rotatable bonds is 2. The van der Waals surface area contributed by atoms with Crippen molar-refractivity contribution in [3.63, 3.8) is 0 Å². The number of likely N-dealkylation sites (tertiary alicyclic amines) is 1. The van der Waals surface area contributed by atoms with Crippen molar-refractivity contribution in [2.45, 2.75) is 45.2 Å². The minimum Gasteiger partial charge on any atom is -0.478 e. The Morgan fingerprint density at radius 3 is 2.55 bits per heavy atom. The first-order valence-electron chi connectivity index (χ1n) is 6.76. The summed E-state index contributed by atoms with van der Waals surface area (Å²) in [6.45, 7) is 4.06. The average Bonchev–Trinajstić information content (AvgIpc) is 2.38. The second kappa shape index (κ2) is 5.90. The van der Waals surface area contributed by atoms with Crippen LogP contribution in [0.25, 0.3) is 0 Å². The summed E-state index contributed by atoms with van der Waals surface area (Å²) in [4.78, 5) is 28.8. The maximum atomic E-state index is 12.3. The van der Waals surface area contributed by atoms with Gasteiger partial charge in [0.25, 0.3) is 0 Å². The fraction of sp³-hybridized carbons (Fsp3) is 0.500. The molecule has 108 valence electrons. The van der Waals surface area contributed by atoms with Crippen LogP contribution in [0.3, 0.4) is 0 Å². The summed E-state index contributed by atoms with van der Waals surface area (Å²) in [7, 11) is 0. The van der Waals surface area contributed by atoms with E-state index < -0.39 is 5.97 Å². The van der Waals surface area contributed by atoms with Gasteiger partial charge in [-0.25, -0.2) is 9.59 Å². The number of urea groups is 1. The van der Waals surface area contributed by atoms with E-state index in [1.165, 1.54) is 18.5 Å². The van der Waals surface area contributed by atoms with E-state index in [-0.39, 0.29) is 23.7 Å². The Balaban J connectivity index is 2.10. The number of aromatic carboxylic acids is 1. The summed E-state index contributed by atoms with van der Waals surface area (Å²) in [5.74, 6) is -1.06. The van der Waals surface area contributed by atoms with Crippen molar-refractivity contribution in [1.29, 1.82) is 0 Å². The van der Waals surface area contributed by atoms with E-state index in [2.05, 4.69) is 10.3 Å². The van der Waals surface area contributed by atoms with E-state index in [9.17, 15) is 9.59 Å². The normalized spacial score (nSPS) is 22.4. The van der Waals surface area contributed by atoms with Crippen molar-refractivity contribution in [3.8, 4) is 0 Å². The topological polar surface area (TPSA) is 82.5 Å². The first kappa shape index (κ1) is 14.3. The zero-order valence-electron chi connectivity index (χ0n) is 11.7. The van der Waals surface area contributed by atoms with Gasteiger partial charge in [-0.05, 0) is 39.2 Å². The molecule has 2 amide bonds. The fourth-order valence-corrected chi connectivity index (χ4v) is 2.63. The molecule has 1 aromatic heterocycles. The van der Waals surface area contributed by atoms with Crippen LogP contribution in [0.5, 0.6) is 0 Å². The minimum absolute atomic E-state index is 0.0579. The quantitative estimate of drug-likeness (QED) is 0.870. The van der Waals surface area contributed by atoms with E-state index in [0.717, 1.165) is 19.3 Å². The largest absolute Gasteiger partial charge is 0.478 e. The van der Waals surface area contributed by atoms with Gasteiger partial charge in [0, 0.05) is 18.3 Å². The lowest BCUT2D eigenvalue weighted by Crippen LogP contribution is -2.49. The van der Waals surface area contributed by atoms with Crippen LogP contribution in [-0.2, 0) is 0 Å². The highest BCUT2D eigenvalue weighted by Crippen LogP contribution is 2.23. The molecule has 6 nitrogen and oxygen atoms in total. The molecule has 6 heteroatoms. The van der Waals surface area contributed by atoms with E-state index >= 15 is 0 Å². The van der Waals surface area contributed by atoms with Crippen molar-refractivity contribution in [3.05, 3.63) is 24.0 Å². The van der Waals surface area contributed by atoms with Gasteiger partial charge in [-0.15, -0.1) is 0 Å². The molecule has 0 bridgehead atoms. The summed E-state index contributed by atoms with van der Waals surface area (Å²) in [6.07, 6.45) is 5.81. The number of amides is 2. The number of carboxylic acid groups (broad SMARTS) is 1. The molecule has 1 fully saturated rings. The molecule has 1 aliphatic heterocycles. The summed E-state index contributed by atoms with van der Waals surface area (Å²) < 4.78 is 0. The van der Waals surface area contributed by atoms with Crippen molar-refractivity contribution < 1.29 is 14.7 Å². The SMILES string of the molecule is C[C@@H]1CCC[C@H](C)N1C(=O)Nc1cncc(C(=O)O)c1. The van der Waals surface area contributed by atoms with Crippen LogP contribution >= 0.6 is 0 Å². The van der Waals surface area contributed by atoms with Gasteiger partial charge in [0.2, 0.25) is 0 Å². The molecule has 2 heterocycles. The smallest absolute Gasteiger partial charge is 0.337 e. The first-order valence-corrected chi connectivity index (χ1v) is 6.76. The molecule has 0 aromatic carbocycles. The van der Waals surface area contributed by atoms with Crippen LogP contribution in [-0.4, -0.2) is 39.1 Å². The van der Waals surface area contributed by atoms with Crippen LogP contribution in [0.2, 0.25) is 0 Å². The second-order valence-electron chi connectivity index (χ2n) is 5.23. The standard InChI is InChI=1S/C14H19N3O3/c1-9-4-3-5-10(2)17(9)14(20)16-12-6-11(13(18)19)7-15-8-12/h6-10H,3-5H2,1-2H3,(H,16,20)(H,18,19)/t9-,10+. The van der Waals surface area contributed by atoms with Gasteiger partial charge in [0.05, 0.1) is 17.4 Å². The van der Waals surface area contributed by atoms with Crippen LogP contribution in [0.1, 0.15) is 43.5 Å². The van der Waals surface area contributed by atoms with Crippen LogP contribution in [0.4, 0.5) is 10.5 Å². The summed E-state index contributed by atoms with van der Waals surface area (Å²) in [5, 5.41) is 11.6. The molecule has 2 N–H and O–H groups in total. The summed E-state index contributed by atoms with van der Waals surface area (Å²) >= 11 is 0. The third-order valence-electron chi connectivity index (χ3n) is 3.66. The maximum Gasteiger partial charge on any atom is 0.337 e. The van der Waals surface area contributed by atoms with Crippen LogP contribution in [0.15, 0.2) is 18.5 Å². The molecular weight excluding hydrogens is 258 g/mol. The second-order valence-corrected chi connectivity index (χ2v) is 5.23. The molecule has 2 rings (SSSR count). The Bertz CT molecular complexity index is 508. The van der Waals surface area contributed by atoms with Gasteiger partial charge in [-0.1, -0.05) is 0 Å². The van der Waals surface area contributed by atoms with Crippen LogP contribution < -0.4 is 5.32 Å². The number of carbonyl (C=O) groups is 2. The summed E-state index contributed by atoms with van der Waals surface area (Å²) in [6, 6.07) is 1.59. The number of nitrogens with one attached hydrogen (secondary N) is 1. The molecular formula is C14H19N3O3. The number of aromatic nitrogens is 1. The Labute approximate surface area is 117 Å². The molecule has 2 atom stereocenters. The van der Waals surface area contributed by atoms with Crippen molar-refractivity contribution in [2.75, 3.05) is 5.32 Å². The van der Waals surface area contributed by atoms with Crippen molar-refractivity contribution >= 4 is 17.7 Å². The van der Waals surface area contributed by atoms with Gasteiger partial charge in [0.1, 0.15) is 0 Å². The van der Waals surface area contributed by atoms with E-state index in [0.29, 0.717) is 5.69 Å². The number of piperidine rings is 1. The van der Waals surface area contributed by atoms with Gasteiger partial charge >= 0.3 is 12.0 Å². The van der Waals surface area contributed by atoms with E-state index in [1.807, 2.05) is 18.7 Å². The third-order valence-corrected chi connectivity index (χ3v) is 3.66. The lowest BCUT2D eigenvalue weighted by molar-refractivity contribution is 0.0696. The molecule has 0 aliphatic carbocycles. The number of pyridine rings is 1. The highest BCUT2D eigenvalue weighted by molar-refractivity contribution is 5.92. The number of anilines is 1. The van der Waals surface area contributed by atoms with Crippen molar-refractivity contribution in [2.24, 2.45) is 0 Å². The lowest BCUT2D eigenvalue weighted by Gasteiger charge is -2.38. The minimum atomic E-state index is -1.06. The maximum absolute atomic E-state index is 12.3. The van der Waals surface area contributed by atoms with Gasteiger partial charge in [0.15, 0.2) is 0 Å². The Morgan fingerprint density at radius 1 is 1.30 bits per heavy atom. The van der Waals surface area contributed by atoms with E-state index in [1.54, 1.807) is 0 Å². The average molecular weight is 277 g/mol. The third kappa shape index (κ3) is 3.07. The molecule has 0 saturated carbocycles. The molecule has 0 spiro atoms. The molecule has 1 aliphatic rings. The fourth-order valence-electron chi connectivity index (χ4n) is 2.63. The molecule has 20 heavy (non-hydrogen) atoms. The molecule has 0 radical (unpaired) electrons. The number of hydrogen-bond acceptors (Lipinski definition) is 3. The van der Waals surface area contributed by atoms with Crippen molar-refractivity contribution in [1.82, 2.24) is 9.88 Å². The predicted octanol–water partition coefficient (Wildman–Crippen LogP) is 2.57. The molecule has 1 saturated heterocycles. The number of carboxylic acids is 1. The molecule has 0 unspecified atom stereocenters.